The highest BCUT2D eigenvalue weighted by Gasteiger charge is 2.04. The normalized spacial score (nSPS) is 10.2. The summed E-state index contributed by atoms with van der Waals surface area (Å²) in [5.41, 5.74) is 6.66. The maximum absolute atomic E-state index is 11.6. The van der Waals surface area contributed by atoms with Crippen LogP contribution in [0.5, 0.6) is 0 Å². The summed E-state index contributed by atoms with van der Waals surface area (Å²) in [7, 11) is 0. The summed E-state index contributed by atoms with van der Waals surface area (Å²) in [5.74, 6) is -0.258. The van der Waals surface area contributed by atoms with Crippen LogP contribution < -0.4 is 16.6 Å². The maximum atomic E-state index is 11.6. The summed E-state index contributed by atoms with van der Waals surface area (Å²) in [6, 6.07) is 2.83. The molecule has 0 unspecified atom stereocenters. The molecule has 3 N–H and O–H groups in total. The lowest BCUT2D eigenvalue weighted by molar-refractivity contribution is -0.121. The summed E-state index contributed by atoms with van der Waals surface area (Å²) in [6.45, 7) is 6.79. The van der Waals surface area contributed by atoms with E-state index < -0.39 is 0 Å². The number of nitrogens with two attached hydrogens (primary N) is 1. The van der Waals surface area contributed by atoms with Crippen LogP contribution in [-0.4, -0.2) is 30.2 Å². The predicted molar refractivity (Wildman–Crippen MR) is 73.8 cm³/mol. The van der Waals surface area contributed by atoms with Crippen molar-refractivity contribution < 1.29 is 9.53 Å². The number of aromatic nitrogens is 1. The fraction of sp³-hybridized carbons (Fsp3) is 0.385. The second kappa shape index (κ2) is 7.38. The van der Waals surface area contributed by atoms with Gasteiger partial charge in [-0.15, -0.1) is 0 Å². The van der Waals surface area contributed by atoms with Gasteiger partial charge < -0.3 is 20.4 Å². The molecule has 1 amide bonds. The first-order chi connectivity index (χ1) is 8.99. The SMILES string of the molecule is C=C(C)COCCNC(=O)Cn1cc(N)ccc1=O. The van der Waals surface area contributed by atoms with Crippen molar-refractivity contribution in [3.05, 3.63) is 40.8 Å². The molecule has 0 atom stereocenters. The number of hydrogen-bond donors (Lipinski definition) is 2. The molecule has 0 aliphatic carbocycles. The van der Waals surface area contributed by atoms with E-state index in [1.807, 2.05) is 6.92 Å². The number of nitrogens with one attached hydrogen (secondary N) is 1. The van der Waals surface area contributed by atoms with E-state index in [1.54, 1.807) is 0 Å². The van der Waals surface area contributed by atoms with E-state index in [9.17, 15) is 9.59 Å². The van der Waals surface area contributed by atoms with Crippen LogP contribution in [0.3, 0.4) is 0 Å². The van der Waals surface area contributed by atoms with Crippen molar-refractivity contribution in [2.45, 2.75) is 13.5 Å². The van der Waals surface area contributed by atoms with E-state index in [-0.39, 0.29) is 18.0 Å². The van der Waals surface area contributed by atoms with Crippen molar-refractivity contribution in [2.75, 3.05) is 25.5 Å². The van der Waals surface area contributed by atoms with Crippen molar-refractivity contribution in [1.82, 2.24) is 9.88 Å². The quantitative estimate of drug-likeness (QED) is 0.542. The summed E-state index contributed by atoms with van der Waals surface area (Å²) in [4.78, 5) is 23.0. The minimum absolute atomic E-state index is 0.0512. The fourth-order valence-corrected chi connectivity index (χ4v) is 1.39. The Morgan fingerprint density at radius 3 is 2.95 bits per heavy atom. The van der Waals surface area contributed by atoms with Crippen LogP contribution in [0.25, 0.3) is 0 Å². The molecule has 104 valence electrons. The standard InChI is InChI=1S/C13H19N3O3/c1-10(2)9-19-6-5-15-12(17)8-16-7-11(14)3-4-13(16)18/h3-4,7H,1,5-6,8-9,14H2,2H3,(H,15,17). The van der Waals surface area contributed by atoms with Gasteiger partial charge in [0.1, 0.15) is 6.54 Å². The zero-order valence-corrected chi connectivity index (χ0v) is 11.0. The number of carbonyl (C=O) groups is 1. The van der Waals surface area contributed by atoms with Crippen LogP contribution in [0.2, 0.25) is 0 Å². The molecule has 0 saturated carbocycles. The van der Waals surface area contributed by atoms with Gasteiger partial charge in [-0.2, -0.15) is 0 Å². The Hall–Kier alpha value is -2.08. The molecular formula is C13H19N3O3. The zero-order valence-electron chi connectivity index (χ0n) is 11.0. The van der Waals surface area contributed by atoms with E-state index in [2.05, 4.69) is 11.9 Å². The maximum Gasteiger partial charge on any atom is 0.251 e. The Balaban J connectivity index is 2.33. The van der Waals surface area contributed by atoms with Gasteiger partial charge in [0, 0.05) is 24.5 Å². The molecular weight excluding hydrogens is 246 g/mol. The van der Waals surface area contributed by atoms with Gasteiger partial charge in [-0.3, -0.25) is 9.59 Å². The molecule has 0 spiro atoms. The van der Waals surface area contributed by atoms with Crippen molar-refractivity contribution in [1.29, 1.82) is 0 Å². The third-order valence-electron chi connectivity index (χ3n) is 2.24. The van der Waals surface area contributed by atoms with Gasteiger partial charge in [0.25, 0.3) is 5.56 Å². The number of rotatable bonds is 7. The minimum atomic E-state index is -0.261. The van der Waals surface area contributed by atoms with Crippen LogP contribution in [0.15, 0.2) is 35.3 Å². The summed E-state index contributed by atoms with van der Waals surface area (Å²) in [5, 5.41) is 2.66. The average Bonchev–Trinajstić information content (AvgIpc) is 2.33. The number of nitrogens with zero attached hydrogens (tertiary/aromatic N) is 1. The first-order valence-electron chi connectivity index (χ1n) is 5.94. The number of hydrogen-bond acceptors (Lipinski definition) is 4. The fourth-order valence-electron chi connectivity index (χ4n) is 1.39. The third-order valence-corrected chi connectivity index (χ3v) is 2.24. The summed E-state index contributed by atoms with van der Waals surface area (Å²) in [6.07, 6.45) is 1.44. The Morgan fingerprint density at radius 2 is 2.26 bits per heavy atom. The first-order valence-corrected chi connectivity index (χ1v) is 5.94. The van der Waals surface area contributed by atoms with Gasteiger partial charge in [0.15, 0.2) is 0 Å². The number of nitrogen functional groups attached to an aromatic ring is 1. The molecule has 1 heterocycles. The highest BCUT2D eigenvalue weighted by Crippen LogP contribution is 1.95. The van der Waals surface area contributed by atoms with Gasteiger partial charge >= 0.3 is 0 Å². The van der Waals surface area contributed by atoms with E-state index in [0.717, 1.165) is 5.57 Å². The van der Waals surface area contributed by atoms with E-state index >= 15 is 0 Å². The van der Waals surface area contributed by atoms with Crippen LogP contribution in [0, 0.1) is 0 Å². The molecule has 6 nitrogen and oxygen atoms in total. The van der Waals surface area contributed by atoms with Crippen molar-refractivity contribution in [3.8, 4) is 0 Å². The first kappa shape index (κ1) is 15.0. The lowest BCUT2D eigenvalue weighted by atomic mass is 10.4. The molecule has 19 heavy (non-hydrogen) atoms. The van der Waals surface area contributed by atoms with Crippen LogP contribution in [-0.2, 0) is 16.1 Å². The van der Waals surface area contributed by atoms with E-state index in [4.69, 9.17) is 10.5 Å². The van der Waals surface area contributed by atoms with Crippen molar-refractivity contribution >= 4 is 11.6 Å². The van der Waals surface area contributed by atoms with Crippen LogP contribution in [0.1, 0.15) is 6.92 Å². The predicted octanol–water partition coefficient (Wildman–Crippen LogP) is 0.139. The van der Waals surface area contributed by atoms with Crippen LogP contribution in [0.4, 0.5) is 5.69 Å². The highest BCUT2D eigenvalue weighted by molar-refractivity contribution is 5.75. The van der Waals surface area contributed by atoms with Gasteiger partial charge in [-0.1, -0.05) is 12.2 Å². The molecule has 6 heteroatoms. The smallest absolute Gasteiger partial charge is 0.251 e. The monoisotopic (exact) mass is 265 g/mol. The summed E-state index contributed by atoms with van der Waals surface area (Å²) < 4.78 is 6.50. The van der Waals surface area contributed by atoms with Gasteiger partial charge in [0.2, 0.25) is 5.91 Å². The Kier molecular flexibility index (Phi) is 5.81. The molecule has 1 rings (SSSR count). The zero-order chi connectivity index (χ0) is 14.3. The lowest BCUT2D eigenvalue weighted by Crippen LogP contribution is -2.33. The van der Waals surface area contributed by atoms with E-state index in [1.165, 1.54) is 22.9 Å². The van der Waals surface area contributed by atoms with Gasteiger partial charge in [-0.05, 0) is 13.0 Å². The highest BCUT2D eigenvalue weighted by atomic mass is 16.5. The third kappa shape index (κ3) is 5.87. The number of ether oxygens (including phenoxy) is 1. The molecule has 0 saturated heterocycles. The number of carbonyl (C=O) groups excluding carboxylic acids is 1. The summed E-state index contributed by atoms with van der Waals surface area (Å²) >= 11 is 0. The Bertz CT molecular complexity index is 508. The molecule has 1 aromatic rings. The van der Waals surface area contributed by atoms with E-state index in [0.29, 0.717) is 25.4 Å². The lowest BCUT2D eigenvalue weighted by Gasteiger charge is -2.08. The topological polar surface area (TPSA) is 86.3 Å². The second-order valence-corrected chi connectivity index (χ2v) is 4.29. The molecule has 0 fully saturated rings. The number of pyridine rings is 1. The van der Waals surface area contributed by atoms with Crippen molar-refractivity contribution in [3.63, 3.8) is 0 Å². The molecule has 0 aliphatic heterocycles. The Labute approximate surface area is 111 Å². The molecule has 0 bridgehead atoms. The minimum Gasteiger partial charge on any atom is -0.398 e. The Morgan fingerprint density at radius 1 is 1.53 bits per heavy atom. The van der Waals surface area contributed by atoms with Gasteiger partial charge in [-0.25, -0.2) is 0 Å². The average molecular weight is 265 g/mol. The van der Waals surface area contributed by atoms with Crippen molar-refractivity contribution in [2.24, 2.45) is 0 Å². The molecule has 1 aromatic heterocycles. The number of amides is 1. The number of anilines is 1. The molecule has 0 radical (unpaired) electrons. The second-order valence-electron chi connectivity index (χ2n) is 4.29. The molecule has 0 aromatic carbocycles. The molecule has 0 aliphatic rings. The van der Waals surface area contributed by atoms with Gasteiger partial charge in [0.05, 0.1) is 13.2 Å². The largest absolute Gasteiger partial charge is 0.398 e. The van der Waals surface area contributed by atoms with Crippen LogP contribution >= 0.6 is 0 Å².